The molecule has 1 aromatic heterocycles. The van der Waals surface area contributed by atoms with E-state index >= 15 is 0 Å². The summed E-state index contributed by atoms with van der Waals surface area (Å²) in [6.07, 6.45) is 0. The van der Waals surface area contributed by atoms with Gasteiger partial charge in [0.25, 0.3) is 0 Å². The molecule has 0 bridgehead atoms. The fourth-order valence-corrected chi connectivity index (χ4v) is 2.39. The van der Waals surface area contributed by atoms with Crippen molar-refractivity contribution in [2.45, 2.75) is 20.8 Å². The van der Waals surface area contributed by atoms with Crippen molar-refractivity contribution in [3.63, 3.8) is 0 Å². The van der Waals surface area contributed by atoms with Gasteiger partial charge in [-0.1, -0.05) is 11.6 Å². The highest BCUT2D eigenvalue weighted by Crippen LogP contribution is 2.30. The van der Waals surface area contributed by atoms with Gasteiger partial charge in [-0.2, -0.15) is 4.98 Å². The van der Waals surface area contributed by atoms with E-state index in [1.807, 2.05) is 19.1 Å². The predicted octanol–water partition coefficient (Wildman–Crippen LogP) is 4.04. The molecule has 0 saturated carbocycles. The van der Waals surface area contributed by atoms with Crippen molar-refractivity contribution in [3.05, 3.63) is 35.0 Å². The van der Waals surface area contributed by atoms with E-state index in [0.717, 1.165) is 30.3 Å². The average molecular weight is 321 g/mol. The Labute approximate surface area is 136 Å². The Balaban J connectivity index is 2.35. The summed E-state index contributed by atoms with van der Waals surface area (Å²) in [6.45, 7) is 7.96. The fourth-order valence-electron chi connectivity index (χ4n) is 2.22. The highest BCUT2D eigenvalue weighted by atomic mass is 35.5. The number of aryl methyl sites for hydroxylation is 1. The van der Waals surface area contributed by atoms with Crippen LogP contribution in [-0.2, 0) is 0 Å². The molecule has 6 heteroatoms. The van der Waals surface area contributed by atoms with E-state index in [1.165, 1.54) is 0 Å². The summed E-state index contributed by atoms with van der Waals surface area (Å²) < 4.78 is 5.34. The molecular formula is C16H21ClN4O. The Hall–Kier alpha value is -2.01. The van der Waals surface area contributed by atoms with Gasteiger partial charge < -0.3 is 15.0 Å². The standard InChI is InChI=1S/C16H21ClN4O/c1-5-21(6-2)15-9-11(3)18-16(20-15)19-13-10-12(17)7-8-14(13)22-4/h7-10H,5-6H2,1-4H3,(H,18,19,20). The number of ether oxygens (including phenoxy) is 1. The van der Waals surface area contributed by atoms with Crippen LogP contribution in [0.2, 0.25) is 5.02 Å². The van der Waals surface area contributed by atoms with Crippen molar-refractivity contribution in [1.82, 2.24) is 9.97 Å². The van der Waals surface area contributed by atoms with Gasteiger partial charge in [0.05, 0.1) is 12.8 Å². The van der Waals surface area contributed by atoms with E-state index < -0.39 is 0 Å². The van der Waals surface area contributed by atoms with Crippen LogP contribution in [0.1, 0.15) is 19.5 Å². The molecule has 0 aliphatic rings. The average Bonchev–Trinajstić information content (AvgIpc) is 2.48. The maximum atomic E-state index is 6.05. The molecule has 2 aromatic rings. The van der Waals surface area contributed by atoms with E-state index in [9.17, 15) is 0 Å². The largest absolute Gasteiger partial charge is 0.495 e. The molecule has 1 heterocycles. The van der Waals surface area contributed by atoms with E-state index in [0.29, 0.717) is 16.7 Å². The summed E-state index contributed by atoms with van der Waals surface area (Å²) in [7, 11) is 1.62. The minimum absolute atomic E-state index is 0.530. The van der Waals surface area contributed by atoms with Crippen LogP contribution in [0.5, 0.6) is 5.75 Å². The zero-order chi connectivity index (χ0) is 16.1. The molecule has 0 spiro atoms. The SMILES string of the molecule is CCN(CC)c1cc(C)nc(Nc2cc(Cl)ccc2OC)n1. The number of methoxy groups -OCH3 is 1. The molecule has 0 radical (unpaired) electrons. The lowest BCUT2D eigenvalue weighted by molar-refractivity contribution is 0.417. The zero-order valence-electron chi connectivity index (χ0n) is 13.4. The minimum Gasteiger partial charge on any atom is -0.495 e. The van der Waals surface area contributed by atoms with Crippen LogP contribution in [0.4, 0.5) is 17.5 Å². The fraction of sp³-hybridized carbons (Fsp3) is 0.375. The van der Waals surface area contributed by atoms with Crippen LogP contribution < -0.4 is 15.0 Å². The van der Waals surface area contributed by atoms with Crippen molar-refractivity contribution in [2.24, 2.45) is 0 Å². The van der Waals surface area contributed by atoms with Crippen molar-refractivity contribution in [2.75, 3.05) is 30.4 Å². The molecule has 1 aromatic carbocycles. The summed E-state index contributed by atoms with van der Waals surface area (Å²) in [5, 5.41) is 3.82. The first-order chi connectivity index (χ1) is 10.6. The zero-order valence-corrected chi connectivity index (χ0v) is 14.1. The summed E-state index contributed by atoms with van der Waals surface area (Å²) in [4.78, 5) is 11.2. The van der Waals surface area contributed by atoms with Crippen LogP contribution in [0.15, 0.2) is 24.3 Å². The Morgan fingerprint density at radius 3 is 2.55 bits per heavy atom. The minimum atomic E-state index is 0.530. The lowest BCUT2D eigenvalue weighted by atomic mass is 10.3. The van der Waals surface area contributed by atoms with Crippen LogP contribution in [0, 0.1) is 6.92 Å². The highest BCUT2D eigenvalue weighted by Gasteiger charge is 2.10. The summed E-state index contributed by atoms with van der Waals surface area (Å²) in [5.74, 6) is 2.13. The van der Waals surface area contributed by atoms with E-state index in [4.69, 9.17) is 16.3 Å². The van der Waals surface area contributed by atoms with Gasteiger partial charge in [0.2, 0.25) is 5.95 Å². The first-order valence-corrected chi connectivity index (χ1v) is 7.66. The molecule has 0 amide bonds. The molecule has 118 valence electrons. The first kappa shape index (κ1) is 16.4. The van der Waals surface area contributed by atoms with Crippen LogP contribution in [0.3, 0.4) is 0 Å². The topological polar surface area (TPSA) is 50.3 Å². The number of aromatic nitrogens is 2. The van der Waals surface area contributed by atoms with Gasteiger partial charge in [-0.25, -0.2) is 4.98 Å². The normalized spacial score (nSPS) is 10.4. The third kappa shape index (κ3) is 3.80. The van der Waals surface area contributed by atoms with Gasteiger partial charge in [-0.3, -0.25) is 0 Å². The molecule has 0 aliphatic carbocycles. The van der Waals surface area contributed by atoms with E-state index in [-0.39, 0.29) is 0 Å². The van der Waals surface area contributed by atoms with E-state index in [2.05, 4.69) is 34.0 Å². The number of hydrogen-bond acceptors (Lipinski definition) is 5. The Morgan fingerprint density at radius 1 is 1.18 bits per heavy atom. The molecule has 0 atom stereocenters. The molecule has 5 nitrogen and oxygen atoms in total. The maximum absolute atomic E-state index is 6.05. The first-order valence-electron chi connectivity index (χ1n) is 7.28. The lowest BCUT2D eigenvalue weighted by Crippen LogP contribution is -2.23. The quantitative estimate of drug-likeness (QED) is 0.870. The van der Waals surface area contributed by atoms with Gasteiger partial charge >= 0.3 is 0 Å². The molecular weight excluding hydrogens is 300 g/mol. The summed E-state index contributed by atoms with van der Waals surface area (Å²) in [6, 6.07) is 7.37. The van der Waals surface area contributed by atoms with Gasteiger partial charge in [-0.05, 0) is 39.0 Å². The van der Waals surface area contributed by atoms with Crippen molar-refractivity contribution in [3.8, 4) is 5.75 Å². The number of anilines is 3. The lowest BCUT2D eigenvalue weighted by Gasteiger charge is -2.21. The molecule has 1 N–H and O–H groups in total. The molecule has 0 unspecified atom stereocenters. The summed E-state index contributed by atoms with van der Waals surface area (Å²) >= 11 is 6.05. The Morgan fingerprint density at radius 2 is 1.91 bits per heavy atom. The second-order valence-corrected chi connectivity index (χ2v) is 5.27. The number of nitrogens with zero attached hydrogens (tertiary/aromatic N) is 3. The third-order valence-corrected chi connectivity index (χ3v) is 3.57. The Bertz CT molecular complexity index is 644. The van der Waals surface area contributed by atoms with Crippen LogP contribution in [0.25, 0.3) is 0 Å². The number of hydrogen-bond donors (Lipinski definition) is 1. The van der Waals surface area contributed by atoms with Gasteiger partial charge in [0.1, 0.15) is 11.6 Å². The van der Waals surface area contributed by atoms with Gasteiger partial charge in [0, 0.05) is 29.9 Å². The smallest absolute Gasteiger partial charge is 0.229 e. The molecule has 0 saturated heterocycles. The van der Waals surface area contributed by atoms with Crippen molar-refractivity contribution in [1.29, 1.82) is 0 Å². The predicted molar refractivity (Wildman–Crippen MR) is 91.6 cm³/mol. The van der Waals surface area contributed by atoms with Crippen molar-refractivity contribution < 1.29 is 4.74 Å². The highest BCUT2D eigenvalue weighted by molar-refractivity contribution is 6.30. The summed E-state index contributed by atoms with van der Waals surface area (Å²) in [5.41, 5.74) is 1.64. The molecule has 0 aliphatic heterocycles. The Kier molecular flexibility index (Phi) is 5.44. The number of halogens is 1. The van der Waals surface area contributed by atoms with Crippen molar-refractivity contribution >= 4 is 29.1 Å². The monoisotopic (exact) mass is 320 g/mol. The molecule has 22 heavy (non-hydrogen) atoms. The number of nitrogens with one attached hydrogen (secondary N) is 1. The number of benzene rings is 1. The third-order valence-electron chi connectivity index (χ3n) is 3.34. The van der Waals surface area contributed by atoms with Gasteiger partial charge in [0.15, 0.2) is 0 Å². The molecule has 0 fully saturated rings. The molecule has 2 rings (SSSR count). The second-order valence-electron chi connectivity index (χ2n) is 4.83. The maximum Gasteiger partial charge on any atom is 0.229 e. The second kappa shape index (κ2) is 7.31. The number of rotatable bonds is 6. The van der Waals surface area contributed by atoms with Gasteiger partial charge in [-0.15, -0.1) is 0 Å². The van der Waals surface area contributed by atoms with Crippen LogP contribution in [-0.4, -0.2) is 30.2 Å². The van der Waals surface area contributed by atoms with Crippen LogP contribution >= 0.6 is 11.6 Å². The van der Waals surface area contributed by atoms with E-state index in [1.54, 1.807) is 19.2 Å².